The van der Waals surface area contributed by atoms with Gasteiger partial charge in [-0.05, 0) is 68.4 Å². The van der Waals surface area contributed by atoms with Gasteiger partial charge in [0.05, 0.1) is 0 Å². The van der Waals surface area contributed by atoms with Crippen molar-refractivity contribution in [3.8, 4) is 0 Å². The van der Waals surface area contributed by atoms with Gasteiger partial charge in [-0.1, -0.05) is 19.4 Å². The number of aryl methyl sites for hydroxylation is 1. The van der Waals surface area contributed by atoms with Gasteiger partial charge >= 0.3 is 0 Å². The predicted molar refractivity (Wildman–Crippen MR) is 113 cm³/mol. The molecule has 3 fully saturated rings. The van der Waals surface area contributed by atoms with Gasteiger partial charge in [-0.2, -0.15) is 0 Å². The van der Waals surface area contributed by atoms with Crippen LogP contribution >= 0.6 is 0 Å². The van der Waals surface area contributed by atoms with E-state index in [-0.39, 0.29) is 0 Å². The molecule has 4 atom stereocenters. The third kappa shape index (κ3) is 4.49. The lowest BCUT2D eigenvalue weighted by Crippen LogP contribution is -2.65. The molecule has 158 valence electrons. The Morgan fingerprint density at radius 2 is 2.10 bits per heavy atom. The summed E-state index contributed by atoms with van der Waals surface area (Å²) in [5.41, 5.74) is 1.25. The summed E-state index contributed by atoms with van der Waals surface area (Å²) >= 11 is 0. The van der Waals surface area contributed by atoms with E-state index in [0.29, 0.717) is 42.2 Å². The summed E-state index contributed by atoms with van der Waals surface area (Å²) in [6, 6.07) is 4.78. The third-order valence-corrected chi connectivity index (χ3v) is 7.26. The van der Waals surface area contributed by atoms with Crippen molar-refractivity contribution in [2.45, 2.75) is 83.2 Å². The molecule has 4 heterocycles. The Labute approximate surface area is 174 Å². The van der Waals surface area contributed by atoms with Crippen molar-refractivity contribution >= 4 is 11.8 Å². The molecule has 1 aromatic rings. The summed E-state index contributed by atoms with van der Waals surface area (Å²) in [5, 5.41) is 0. The van der Waals surface area contributed by atoms with Crippen LogP contribution in [0.4, 0.5) is 0 Å². The molecule has 0 spiro atoms. The minimum atomic E-state index is 0.316. The Bertz CT molecular complexity index is 707. The number of rotatable bonds is 7. The molecule has 1 aromatic heterocycles. The molecule has 3 aliphatic rings. The van der Waals surface area contributed by atoms with Crippen LogP contribution in [0.15, 0.2) is 24.5 Å². The standard InChI is InChI=1S/C24H35N3O2/c1-2-7-21-19-14-20(22-10-5-12-24(29)27(21)22)17-26(16-19)23(28)11-4-3-8-18-9-6-13-25-15-18/h6,9,13,15,19-22H,2-5,7-8,10-12,14,16-17H2,1H3/t19-,20+,21-,22-/m0/s1. The summed E-state index contributed by atoms with van der Waals surface area (Å²) < 4.78 is 0. The normalized spacial score (nSPS) is 28.9. The van der Waals surface area contributed by atoms with Crippen molar-refractivity contribution in [2.24, 2.45) is 11.8 Å². The van der Waals surface area contributed by atoms with Gasteiger partial charge in [-0.3, -0.25) is 14.6 Å². The zero-order valence-electron chi connectivity index (χ0n) is 17.8. The van der Waals surface area contributed by atoms with Crippen molar-refractivity contribution < 1.29 is 9.59 Å². The molecule has 0 aromatic carbocycles. The number of piperidine rings is 3. The molecule has 3 aliphatic heterocycles. The number of pyridine rings is 1. The van der Waals surface area contributed by atoms with Crippen LogP contribution in [0.3, 0.4) is 0 Å². The van der Waals surface area contributed by atoms with E-state index < -0.39 is 0 Å². The van der Waals surface area contributed by atoms with Crippen LogP contribution < -0.4 is 0 Å². The van der Waals surface area contributed by atoms with Crippen molar-refractivity contribution in [1.82, 2.24) is 14.8 Å². The highest BCUT2D eigenvalue weighted by molar-refractivity contribution is 5.78. The summed E-state index contributed by atoms with van der Waals surface area (Å²) in [6.07, 6.45) is 13.5. The fraction of sp³-hybridized carbons (Fsp3) is 0.708. The molecular weight excluding hydrogens is 362 g/mol. The van der Waals surface area contributed by atoms with E-state index in [9.17, 15) is 9.59 Å². The first-order valence-electron chi connectivity index (χ1n) is 11.6. The fourth-order valence-corrected chi connectivity index (χ4v) is 5.96. The Morgan fingerprint density at radius 3 is 2.90 bits per heavy atom. The number of carbonyl (C=O) groups excluding carboxylic acids is 2. The van der Waals surface area contributed by atoms with Gasteiger partial charge in [-0.15, -0.1) is 0 Å². The van der Waals surface area contributed by atoms with Crippen LogP contribution in [-0.2, 0) is 16.0 Å². The molecule has 4 rings (SSSR count). The first-order chi connectivity index (χ1) is 14.2. The number of nitrogens with zero attached hydrogens (tertiary/aromatic N) is 3. The molecule has 0 unspecified atom stereocenters. The van der Waals surface area contributed by atoms with Gasteiger partial charge in [0, 0.05) is 50.4 Å². The fourth-order valence-electron chi connectivity index (χ4n) is 5.96. The first kappa shape index (κ1) is 20.4. The molecule has 5 heteroatoms. The second-order valence-electron chi connectivity index (χ2n) is 9.24. The molecule has 0 aliphatic carbocycles. The number of carbonyl (C=O) groups is 2. The third-order valence-electron chi connectivity index (χ3n) is 7.26. The van der Waals surface area contributed by atoms with Gasteiger partial charge in [0.2, 0.25) is 11.8 Å². The van der Waals surface area contributed by atoms with Crippen LogP contribution in [0.5, 0.6) is 0 Å². The van der Waals surface area contributed by atoms with Gasteiger partial charge in [0.1, 0.15) is 0 Å². The Morgan fingerprint density at radius 1 is 1.24 bits per heavy atom. The highest BCUT2D eigenvalue weighted by Gasteiger charge is 2.49. The maximum Gasteiger partial charge on any atom is 0.223 e. The van der Waals surface area contributed by atoms with E-state index in [1.165, 1.54) is 12.0 Å². The van der Waals surface area contributed by atoms with Gasteiger partial charge in [0.15, 0.2) is 0 Å². The predicted octanol–water partition coefficient (Wildman–Crippen LogP) is 3.82. The highest BCUT2D eigenvalue weighted by Crippen LogP contribution is 2.43. The molecule has 0 saturated carbocycles. The molecule has 5 nitrogen and oxygen atoms in total. The number of unbranched alkanes of at least 4 members (excludes halogenated alkanes) is 1. The van der Waals surface area contributed by atoms with E-state index in [4.69, 9.17) is 0 Å². The quantitative estimate of drug-likeness (QED) is 0.657. The number of hydrogen-bond acceptors (Lipinski definition) is 3. The van der Waals surface area contributed by atoms with Gasteiger partial charge in [-0.25, -0.2) is 0 Å². The van der Waals surface area contributed by atoms with Gasteiger partial charge in [0.25, 0.3) is 0 Å². The molecule has 2 bridgehead atoms. The average Bonchev–Trinajstić information content (AvgIpc) is 2.75. The lowest BCUT2D eigenvalue weighted by molar-refractivity contribution is -0.156. The number of fused-ring (bicyclic) bond motifs is 4. The Balaban J connectivity index is 1.34. The molecule has 29 heavy (non-hydrogen) atoms. The SMILES string of the molecule is CCC[C@H]1[C@H]2C[C@H](CN(C(=O)CCCCc3cccnc3)C2)[C@@H]2CCCC(=O)N21. The van der Waals surface area contributed by atoms with Crippen LogP contribution in [0.2, 0.25) is 0 Å². The van der Waals surface area contributed by atoms with Crippen molar-refractivity contribution in [3.05, 3.63) is 30.1 Å². The van der Waals surface area contributed by atoms with Crippen molar-refractivity contribution in [2.75, 3.05) is 13.1 Å². The van der Waals surface area contributed by atoms with E-state index in [0.717, 1.165) is 64.5 Å². The molecule has 0 radical (unpaired) electrons. The van der Waals surface area contributed by atoms with Crippen molar-refractivity contribution in [3.63, 3.8) is 0 Å². The summed E-state index contributed by atoms with van der Waals surface area (Å²) in [7, 11) is 0. The van der Waals surface area contributed by atoms with E-state index in [1.807, 2.05) is 12.3 Å². The zero-order valence-corrected chi connectivity index (χ0v) is 17.8. The van der Waals surface area contributed by atoms with Crippen LogP contribution in [-0.4, -0.2) is 51.8 Å². The van der Waals surface area contributed by atoms with Crippen LogP contribution in [0.1, 0.15) is 70.3 Å². The van der Waals surface area contributed by atoms with E-state index in [2.05, 4.69) is 27.8 Å². The smallest absolute Gasteiger partial charge is 0.223 e. The van der Waals surface area contributed by atoms with Crippen LogP contribution in [0.25, 0.3) is 0 Å². The maximum absolute atomic E-state index is 13.0. The highest BCUT2D eigenvalue weighted by atomic mass is 16.2. The second kappa shape index (κ2) is 9.27. The largest absolute Gasteiger partial charge is 0.342 e. The lowest BCUT2D eigenvalue weighted by Gasteiger charge is -2.56. The second-order valence-corrected chi connectivity index (χ2v) is 9.24. The number of hydrogen-bond donors (Lipinski definition) is 0. The topological polar surface area (TPSA) is 53.5 Å². The number of aromatic nitrogens is 1. The van der Waals surface area contributed by atoms with E-state index in [1.54, 1.807) is 6.20 Å². The summed E-state index contributed by atoms with van der Waals surface area (Å²) in [4.78, 5) is 34.2. The summed E-state index contributed by atoms with van der Waals surface area (Å²) in [6.45, 7) is 3.91. The Kier molecular flexibility index (Phi) is 6.51. The molecule has 2 amide bonds. The summed E-state index contributed by atoms with van der Waals surface area (Å²) in [5.74, 6) is 1.62. The Hall–Kier alpha value is -1.91. The average molecular weight is 398 g/mol. The van der Waals surface area contributed by atoms with E-state index >= 15 is 0 Å². The van der Waals surface area contributed by atoms with Crippen LogP contribution in [0, 0.1) is 11.8 Å². The number of amides is 2. The monoisotopic (exact) mass is 397 g/mol. The minimum absolute atomic E-state index is 0.316. The molecule has 3 saturated heterocycles. The maximum atomic E-state index is 13.0. The van der Waals surface area contributed by atoms with Crippen molar-refractivity contribution in [1.29, 1.82) is 0 Å². The molecular formula is C24H35N3O2. The lowest BCUT2D eigenvalue weighted by atomic mass is 9.71. The minimum Gasteiger partial charge on any atom is -0.342 e. The molecule has 0 N–H and O–H groups in total. The number of likely N-dealkylation sites (tertiary alicyclic amines) is 1. The zero-order chi connectivity index (χ0) is 20.2. The van der Waals surface area contributed by atoms with Gasteiger partial charge < -0.3 is 9.80 Å². The first-order valence-corrected chi connectivity index (χ1v) is 11.6.